The normalized spacial score (nSPS) is 12.7. The summed E-state index contributed by atoms with van der Waals surface area (Å²) < 4.78 is 34.0. The van der Waals surface area contributed by atoms with Crippen LogP contribution in [0.25, 0.3) is 16.4 Å². The summed E-state index contributed by atoms with van der Waals surface area (Å²) in [4.78, 5) is 31.8. The van der Waals surface area contributed by atoms with Crippen molar-refractivity contribution in [1.29, 1.82) is 0 Å². The lowest BCUT2D eigenvalue weighted by Crippen LogP contribution is -2.36. The van der Waals surface area contributed by atoms with E-state index in [4.69, 9.17) is 14.2 Å². The highest BCUT2D eigenvalue weighted by Gasteiger charge is 2.19. The number of fused-ring (bicyclic) bond motifs is 2. The summed E-state index contributed by atoms with van der Waals surface area (Å²) in [6.07, 6.45) is 30.3. The SMILES string of the molecule is CCC=CCC=CCC=CCC=CCC=CCCCC(=O)NCCNC(=O)OC(C)COc1cn2ncnc(Oc3ccc4[nH]c(C)cc4c3F)c2c1C. The van der Waals surface area contributed by atoms with Crippen LogP contribution in [0, 0.1) is 19.7 Å². The van der Waals surface area contributed by atoms with E-state index >= 15 is 4.39 Å². The van der Waals surface area contributed by atoms with Gasteiger partial charge in [0, 0.05) is 41.7 Å². The lowest BCUT2D eigenvalue weighted by Gasteiger charge is -2.15. The molecule has 3 aromatic heterocycles. The zero-order valence-corrected chi connectivity index (χ0v) is 31.8. The molecule has 12 heteroatoms. The number of allylic oxidation sites excluding steroid dienone is 10. The Bertz CT molecular complexity index is 1960. The molecule has 0 spiro atoms. The number of amides is 2. The Morgan fingerprint density at radius 3 is 2.30 bits per heavy atom. The van der Waals surface area contributed by atoms with Gasteiger partial charge in [0.1, 0.15) is 30.3 Å². The second-order valence-corrected chi connectivity index (χ2v) is 12.8. The highest BCUT2D eigenvalue weighted by Crippen LogP contribution is 2.34. The van der Waals surface area contributed by atoms with Gasteiger partial charge < -0.3 is 29.8 Å². The fourth-order valence-electron chi connectivity index (χ4n) is 5.47. The number of nitrogens with zero attached hydrogens (tertiary/aromatic N) is 3. The van der Waals surface area contributed by atoms with Crippen molar-refractivity contribution in [3.05, 3.63) is 109 Å². The van der Waals surface area contributed by atoms with Gasteiger partial charge in [-0.15, -0.1) is 0 Å². The molecule has 0 aliphatic carbocycles. The molecule has 1 aromatic carbocycles. The number of alkyl carbamates (subject to hydrolysis) is 1. The number of carbonyl (C=O) groups excluding carboxylic acids is 2. The number of rotatable bonds is 22. The Kier molecular flexibility index (Phi) is 17.1. The number of unbranched alkanes of at least 4 members (excludes halogenated alkanes) is 1. The van der Waals surface area contributed by atoms with Crippen LogP contribution in [0.1, 0.15) is 76.5 Å². The van der Waals surface area contributed by atoms with Gasteiger partial charge in [-0.3, -0.25) is 4.79 Å². The van der Waals surface area contributed by atoms with Crippen LogP contribution < -0.4 is 20.1 Å². The van der Waals surface area contributed by atoms with E-state index < -0.39 is 18.0 Å². The standard InChI is InChI=1S/C42H53FN6O5/c1-5-6-7-8-9-10-11-12-13-14-15-16-17-18-19-20-21-22-38(50)44-25-26-45-42(51)53-32(3)29-52-37-28-49-40(33(37)4)41(46-30-47-49)54-36-24-23-35-34(39(36)43)27-31(2)48-35/h6-7,9-10,12-13,15-16,18-19,23-24,27-28,30,32,48H,5,8,11,14,17,20-22,25-26,29H2,1-4H3,(H,44,50)(H,45,51). The number of carbonyl (C=O) groups is 2. The summed E-state index contributed by atoms with van der Waals surface area (Å²) in [6, 6.07) is 5.03. The maximum atomic E-state index is 15.2. The molecule has 0 aliphatic rings. The number of benzene rings is 1. The molecular formula is C42H53FN6O5. The summed E-state index contributed by atoms with van der Waals surface area (Å²) in [7, 11) is 0. The van der Waals surface area contributed by atoms with Crippen LogP contribution >= 0.6 is 0 Å². The first kappa shape index (κ1) is 41.1. The highest BCUT2D eigenvalue weighted by molar-refractivity contribution is 5.83. The van der Waals surface area contributed by atoms with Crippen molar-refractivity contribution in [2.75, 3.05) is 19.7 Å². The van der Waals surface area contributed by atoms with E-state index in [2.05, 4.69) is 93.4 Å². The van der Waals surface area contributed by atoms with Gasteiger partial charge in [0.05, 0.1) is 6.20 Å². The second kappa shape index (κ2) is 22.4. The third-order valence-electron chi connectivity index (χ3n) is 8.22. The van der Waals surface area contributed by atoms with Crippen LogP contribution in [0.15, 0.2) is 91.5 Å². The molecule has 288 valence electrons. The van der Waals surface area contributed by atoms with Crippen LogP contribution in [0.5, 0.6) is 17.4 Å². The second-order valence-electron chi connectivity index (χ2n) is 12.8. The molecule has 0 aliphatic heterocycles. The number of halogens is 1. The first-order valence-corrected chi connectivity index (χ1v) is 18.6. The molecule has 54 heavy (non-hydrogen) atoms. The molecule has 0 fully saturated rings. The molecule has 0 saturated heterocycles. The number of aromatic amines is 1. The topological polar surface area (TPSA) is 132 Å². The smallest absolute Gasteiger partial charge is 0.407 e. The maximum Gasteiger partial charge on any atom is 0.407 e. The van der Waals surface area contributed by atoms with Crippen LogP contribution in [0.2, 0.25) is 0 Å². The molecule has 1 unspecified atom stereocenters. The minimum Gasteiger partial charge on any atom is -0.488 e. The van der Waals surface area contributed by atoms with Gasteiger partial charge in [0.25, 0.3) is 0 Å². The molecule has 0 radical (unpaired) electrons. The average molecular weight is 741 g/mol. The van der Waals surface area contributed by atoms with Crippen molar-refractivity contribution in [2.24, 2.45) is 0 Å². The van der Waals surface area contributed by atoms with Gasteiger partial charge in [-0.25, -0.2) is 13.7 Å². The average Bonchev–Trinajstić information content (AvgIpc) is 3.70. The molecule has 3 heterocycles. The van der Waals surface area contributed by atoms with Gasteiger partial charge in [0.2, 0.25) is 11.8 Å². The molecule has 2 amide bonds. The summed E-state index contributed by atoms with van der Waals surface area (Å²) in [5, 5.41) is 10.1. The number of aromatic nitrogens is 4. The predicted molar refractivity (Wildman–Crippen MR) is 212 cm³/mol. The van der Waals surface area contributed by atoms with Gasteiger partial charge in [-0.2, -0.15) is 10.1 Å². The Labute approximate surface area is 317 Å². The van der Waals surface area contributed by atoms with E-state index in [0.717, 1.165) is 50.6 Å². The van der Waals surface area contributed by atoms with Crippen LogP contribution in [0.4, 0.5) is 9.18 Å². The summed E-state index contributed by atoms with van der Waals surface area (Å²) in [6.45, 7) is 8.12. The quantitative estimate of drug-likeness (QED) is 0.0541. The van der Waals surface area contributed by atoms with Crippen LogP contribution in [0.3, 0.4) is 0 Å². The number of aryl methyl sites for hydroxylation is 2. The monoisotopic (exact) mass is 740 g/mol. The number of nitrogens with one attached hydrogen (secondary N) is 3. The molecule has 4 rings (SSSR count). The Morgan fingerprint density at radius 1 is 0.926 bits per heavy atom. The zero-order chi connectivity index (χ0) is 38.5. The first-order chi connectivity index (χ1) is 26.3. The maximum absolute atomic E-state index is 15.2. The Hall–Kier alpha value is -5.65. The van der Waals surface area contributed by atoms with Crippen molar-refractivity contribution in [3.63, 3.8) is 0 Å². The van der Waals surface area contributed by atoms with Crippen molar-refractivity contribution in [2.45, 2.75) is 85.2 Å². The number of hydrogen-bond acceptors (Lipinski definition) is 7. The summed E-state index contributed by atoms with van der Waals surface area (Å²) in [5.41, 5.74) is 2.71. The van der Waals surface area contributed by atoms with Crippen molar-refractivity contribution < 1.29 is 28.2 Å². The fraction of sp³-hybridized carbons (Fsp3) is 0.381. The molecule has 4 aromatic rings. The van der Waals surface area contributed by atoms with E-state index in [1.807, 2.05) is 13.8 Å². The number of H-pyrrole nitrogens is 1. The minimum atomic E-state index is -0.615. The zero-order valence-electron chi connectivity index (χ0n) is 31.8. The van der Waals surface area contributed by atoms with Crippen LogP contribution in [-0.4, -0.2) is 57.4 Å². The highest BCUT2D eigenvalue weighted by atomic mass is 19.1. The van der Waals surface area contributed by atoms with E-state index in [-0.39, 0.29) is 30.7 Å². The fourth-order valence-corrected chi connectivity index (χ4v) is 5.47. The molecule has 11 nitrogen and oxygen atoms in total. The molecular weight excluding hydrogens is 687 g/mol. The lowest BCUT2D eigenvalue weighted by molar-refractivity contribution is -0.121. The van der Waals surface area contributed by atoms with E-state index in [9.17, 15) is 9.59 Å². The van der Waals surface area contributed by atoms with Crippen molar-refractivity contribution in [1.82, 2.24) is 30.2 Å². The van der Waals surface area contributed by atoms with Gasteiger partial charge in [-0.1, -0.05) is 67.7 Å². The molecule has 0 saturated carbocycles. The first-order valence-electron chi connectivity index (χ1n) is 18.6. The van der Waals surface area contributed by atoms with E-state index in [1.165, 1.54) is 6.33 Å². The predicted octanol–water partition coefficient (Wildman–Crippen LogP) is 9.29. The largest absolute Gasteiger partial charge is 0.488 e. The van der Waals surface area contributed by atoms with Gasteiger partial charge in [-0.05, 0) is 83.9 Å². The Balaban J connectivity index is 1.06. The summed E-state index contributed by atoms with van der Waals surface area (Å²) >= 11 is 0. The van der Waals surface area contributed by atoms with Gasteiger partial charge in [0.15, 0.2) is 11.6 Å². The van der Waals surface area contributed by atoms with Gasteiger partial charge >= 0.3 is 6.09 Å². The minimum absolute atomic E-state index is 0.0370. The van der Waals surface area contributed by atoms with E-state index in [0.29, 0.717) is 40.7 Å². The molecule has 3 N–H and O–H groups in total. The Morgan fingerprint density at radius 2 is 1.59 bits per heavy atom. The molecule has 0 bridgehead atoms. The van der Waals surface area contributed by atoms with Crippen molar-refractivity contribution >= 4 is 28.4 Å². The number of ether oxygens (including phenoxy) is 3. The summed E-state index contributed by atoms with van der Waals surface area (Å²) in [5.74, 6) is 0.139. The lowest BCUT2D eigenvalue weighted by atomic mass is 10.2. The molecule has 1 atom stereocenters. The van der Waals surface area contributed by atoms with Crippen molar-refractivity contribution in [3.8, 4) is 17.4 Å². The van der Waals surface area contributed by atoms with Crippen LogP contribution in [-0.2, 0) is 9.53 Å². The number of hydrogen-bond donors (Lipinski definition) is 3. The third kappa shape index (κ3) is 13.4. The van der Waals surface area contributed by atoms with E-state index in [1.54, 1.807) is 35.8 Å². The third-order valence-corrected chi connectivity index (χ3v) is 8.22.